The second-order valence-corrected chi connectivity index (χ2v) is 15.5. The average molecular weight is 563 g/mol. The summed E-state index contributed by atoms with van der Waals surface area (Å²) in [5, 5.41) is 12.5. The van der Waals surface area contributed by atoms with Gasteiger partial charge in [-0.2, -0.15) is 5.26 Å². The Morgan fingerprint density at radius 3 is 2.46 bits per heavy atom. The number of nitrogens with one attached hydrogen (secondary N) is 1. The Balaban J connectivity index is 1.53. The van der Waals surface area contributed by atoms with Crippen molar-refractivity contribution in [2.45, 2.75) is 106 Å². The van der Waals surface area contributed by atoms with Crippen molar-refractivity contribution in [3.05, 3.63) is 23.3 Å². The van der Waals surface area contributed by atoms with Crippen molar-refractivity contribution in [2.75, 3.05) is 13.2 Å². The Bertz CT molecular complexity index is 1240. The molecule has 6 nitrogen and oxygen atoms in total. The number of rotatable bonds is 5. The van der Waals surface area contributed by atoms with Crippen LogP contribution in [0.3, 0.4) is 0 Å². The monoisotopic (exact) mass is 562 g/mol. The Labute approximate surface area is 246 Å². The molecule has 0 aromatic rings. The molecule has 0 aromatic heterocycles. The normalized spacial score (nSPS) is 42.8. The molecule has 0 aliphatic heterocycles. The number of ether oxygens (including phenoxy) is 1. The number of ketones is 2. The molecule has 0 heterocycles. The van der Waals surface area contributed by atoms with Crippen LogP contribution in [0.5, 0.6) is 0 Å². The molecule has 5 aliphatic rings. The van der Waals surface area contributed by atoms with E-state index in [1.165, 1.54) is 0 Å². The van der Waals surface area contributed by atoms with Crippen LogP contribution in [0, 0.1) is 62.1 Å². The SMILES string of the molecule is CCNC(=O)OCCCC12CCC(C)(C)CC1C1C(=O)C=C3C4(C)C=C(C#N)C(=O)C(C)C4CCC3(C)C1(C)CC2. The first kappa shape index (κ1) is 30.1. The van der Waals surface area contributed by atoms with Crippen molar-refractivity contribution >= 4 is 17.7 Å². The predicted octanol–water partition coefficient (Wildman–Crippen LogP) is 7.34. The molecule has 41 heavy (non-hydrogen) atoms. The number of fused-ring (bicyclic) bond motifs is 7. The van der Waals surface area contributed by atoms with Gasteiger partial charge in [-0.15, -0.1) is 0 Å². The minimum atomic E-state index is -0.466. The van der Waals surface area contributed by atoms with Crippen molar-refractivity contribution in [1.82, 2.24) is 5.32 Å². The summed E-state index contributed by atoms with van der Waals surface area (Å²) in [6.45, 7) is 16.5. The van der Waals surface area contributed by atoms with Crippen LogP contribution < -0.4 is 5.32 Å². The van der Waals surface area contributed by atoms with E-state index in [1.54, 1.807) is 0 Å². The first-order chi connectivity index (χ1) is 19.2. The number of nitrogens with zero attached hydrogens (tertiary/aromatic N) is 1. The largest absolute Gasteiger partial charge is 0.450 e. The maximum Gasteiger partial charge on any atom is 0.407 e. The van der Waals surface area contributed by atoms with Gasteiger partial charge in [0.05, 0.1) is 12.2 Å². The van der Waals surface area contributed by atoms with E-state index < -0.39 is 5.41 Å². The van der Waals surface area contributed by atoms with E-state index >= 15 is 0 Å². The Kier molecular flexibility index (Phi) is 7.40. The van der Waals surface area contributed by atoms with Crippen LogP contribution in [0.15, 0.2) is 23.3 Å². The second-order valence-electron chi connectivity index (χ2n) is 15.5. The standard InChI is InChI=1S/C35H50N2O4/c1-8-37-30(40)41-17-9-11-35-15-13-31(3,4)20-25(35)28-26(38)18-27-32(5)19-23(21-36)29(39)22(2)24(32)10-12-33(27,6)34(28,7)14-16-35/h18-19,22,24-25,28H,8-17,20H2,1-7H3,(H,37,40). The summed E-state index contributed by atoms with van der Waals surface area (Å²) in [6.07, 6.45) is 12.7. The number of carbonyl (C=O) groups is 3. The Hall–Kier alpha value is -2.42. The zero-order valence-electron chi connectivity index (χ0n) is 26.3. The lowest BCUT2D eigenvalue weighted by Gasteiger charge is -2.69. The molecule has 6 heteroatoms. The zero-order chi connectivity index (χ0) is 30.0. The molecular formula is C35H50N2O4. The summed E-state index contributed by atoms with van der Waals surface area (Å²) in [5.41, 5.74) is 0.856. The molecular weight excluding hydrogens is 512 g/mol. The van der Waals surface area contributed by atoms with E-state index in [4.69, 9.17) is 4.74 Å². The Morgan fingerprint density at radius 2 is 1.78 bits per heavy atom. The quantitative estimate of drug-likeness (QED) is 0.354. The van der Waals surface area contributed by atoms with Gasteiger partial charge in [0.15, 0.2) is 11.6 Å². The number of allylic oxidation sites excluding steroid dienone is 4. The van der Waals surface area contributed by atoms with E-state index in [0.29, 0.717) is 19.1 Å². The maximum absolute atomic E-state index is 14.5. The van der Waals surface area contributed by atoms with Gasteiger partial charge in [0.2, 0.25) is 0 Å². The summed E-state index contributed by atoms with van der Waals surface area (Å²) < 4.78 is 5.44. The highest BCUT2D eigenvalue weighted by molar-refractivity contribution is 6.02. The van der Waals surface area contributed by atoms with Gasteiger partial charge in [-0.05, 0) is 104 Å². The molecule has 224 valence electrons. The fraction of sp³-hybridized carbons (Fsp3) is 0.771. The third kappa shape index (κ3) is 4.43. The summed E-state index contributed by atoms with van der Waals surface area (Å²) in [6, 6.07) is 2.18. The summed E-state index contributed by atoms with van der Waals surface area (Å²) in [7, 11) is 0. The predicted molar refractivity (Wildman–Crippen MR) is 159 cm³/mol. The van der Waals surface area contributed by atoms with Crippen LogP contribution in [-0.2, 0) is 14.3 Å². The molecule has 1 N–H and O–H groups in total. The lowest BCUT2D eigenvalue weighted by atomic mass is 9.34. The van der Waals surface area contributed by atoms with Crippen molar-refractivity contribution in [2.24, 2.45) is 50.7 Å². The van der Waals surface area contributed by atoms with Crippen molar-refractivity contribution in [3.63, 3.8) is 0 Å². The molecule has 3 saturated carbocycles. The van der Waals surface area contributed by atoms with Crippen LogP contribution in [0.25, 0.3) is 0 Å². The van der Waals surface area contributed by atoms with Gasteiger partial charge in [0.25, 0.3) is 0 Å². The van der Waals surface area contributed by atoms with Gasteiger partial charge >= 0.3 is 6.09 Å². The van der Waals surface area contributed by atoms with Crippen molar-refractivity contribution in [1.29, 1.82) is 5.26 Å². The second kappa shape index (κ2) is 10.1. The highest BCUT2D eigenvalue weighted by atomic mass is 16.5. The highest BCUT2D eigenvalue weighted by Gasteiger charge is 2.68. The molecule has 8 unspecified atom stereocenters. The minimum absolute atomic E-state index is 0.0453. The molecule has 5 aliphatic carbocycles. The molecule has 0 saturated heterocycles. The summed E-state index contributed by atoms with van der Waals surface area (Å²) >= 11 is 0. The van der Waals surface area contributed by atoms with Crippen LogP contribution in [0.2, 0.25) is 0 Å². The van der Waals surface area contributed by atoms with E-state index in [-0.39, 0.29) is 62.6 Å². The molecule has 0 radical (unpaired) electrons. The fourth-order valence-electron chi connectivity index (χ4n) is 10.6. The smallest absolute Gasteiger partial charge is 0.407 e. The fourth-order valence-corrected chi connectivity index (χ4v) is 10.6. The maximum atomic E-state index is 14.5. The molecule has 3 fully saturated rings. The number of hydrogen-bond acceptors (Lipinski definition) is 5. The zero-order valence-corrected chi connectivity index (χ0v) is 26.3. The summed E-state index contributed by atoms with van der Waals surface area (Å²) in [5.74, 6) is 0.346. The molecule has 1 amide bonds. The number of alkyl carbamates (subject to hydrolysis) is 1. The van der Waals surface area contributed by atoms with Crippen LogP contribution in [0.4, 0.5) is 4.79 Å². The lowest BCUT2D eigenvalue weighted by molar-refractivity contribution is -0.171. The number of nitriles is 1. The highest BCUT2D eigenvalue weighted by Crippen LogP contribution is 2.74. The van der Waals surface area contributed by atoms with Crippen LogP contribution >= 0.6 is 0 Å². The third-order valence-electron chi connectivity index (χ3n) is 13.1. The van der Waals surface area contributed by atoms with Gasteiger partial charge < -0.3 is 10.1 Å². The number of Topliss-reactive ketones (excluding diaryl/α,β-unsaturated/α-hetero) is 1. The van der Waals surface area contributed by atoms with E-state index in [9.17, 15) is 19.6 Å². The van der Waals surface area contributed by atoms with E-state index in [1.807, 2.05) is 26.0 Å². The van der Waals surface area contributed by atoms with Gasteiger partial charge in [0, 0.05) is 23.8 Å². The van der Waals surface area contributed by atoms with E-state index in [0.717, 1.165) is 63.4 Å². The van der Waals surface area contributed by atoms with Gasteiger partial charge in [-0.3, -0.25) is 9.59 Å². The molecule has 0 spiro atoms. The lowest BCUT2D eigenvalue weighted by Crippen LogP contribution is -2.64. The van der Waals surface area contributed by atoms with Gasteiger partial charge in [0.1, 0.15) is 6.07 Å². The van der Waals surface area contributed by atoms with Crippen molar-refractivity contribution < 1.29 is 19.1 Å². The Morgan fingerprint density at radius 1 is 1.07 bits per heavy atom. The number of carbonyl (C=O) groups excluding carboxylic acids is 3. The van der Waals surface area contributed by atoms with Crippen molar-refractivity contribution in [3.8, 4) is 6.07 Å². The average Bonchev–Trinajstić information content (AvgIpc) is 2.90. The van der Waals surface area contributed by atoms with Gasteiger partial charge in [-0.25, -0.2) is 4.79 Å². The summed E-state index contributed by atoms with van der Waals surface area (Å²) in [4.78, 5) is 39.4. The number of hydrogen-bond donors (Lipinski definition) is 1. The first-order valence-corrected chi connectivity index (χ1v) is 16.0. The molecule has 0 bridgehead atoms. The molecule has 5 rings (SSSR count). The molecule has 8 atom stereocenters. The van der Waals surface area contributed by atoms with Gasteiger partial charge in [-0.1, -0.05) is 53.2 Å². The third-order valence-corrected chi connectivity index (χ3v) is 13.1. The van der Waals surface area contributed by atoms with E-state index in [2.05, 4.69) is 46.0 Å². The topological polar surface area (TPSA) is 96.3 Å². The van der Waals surface area contributed by atoms with Crippen LogP contribution in [0.1, 0.15) is 106 Å². The first-order valence-electron chi connectivity index (χ1n) is 16.0. The van der Waals surface area contributed by atoms with Crippen LogP contribution in [-0.4, -0.2) is 30.8 Å². The minimum Gasteiger partial charge on any atom is -0.450 e. The molecule has 0 aromatic carbocycles. The number of amides is 1.